The molecule has 0 aliphatic carbocycles. The molecule has 0 saturated carbocycles. The monoisotopic (exact) mass is 248 g/mol. The second-order valence-corrected chi connectivity index (χ2v) is 5.45. The van der Waals surface area contributed by atoms with E-state index < -0.39 is 5.60 Å². The summed E-state index contributed by atoms with van der Waals surface area (Å²) in [6, 6.07) is 3.50. The second kappa shape index (κ2) is 3.28. The normalized spacial score (nSPS) is 11.7. The van der Waals surface area contributed by atoms with Gasteiger partial charge in [-0.15, -0.1) is 11.3 Å². The fourth-order valence-electron chi connectivity index (χ4n) is 0.738. The summed E-state index contributed by atoms with van der Waals surface area (Å²) in [5.74, 6) is -0.238. The summed E-state index contributed by atoms with van der Waals surface area (Å²) in [6.07, 6.45) is 0. The van der Waals surface area contributed by atoms with Crippen LogP contribution in [0.5, 0.6) is 0 Å². The molecule has 1 aromatic rings. The van der Waals surface area contributed by atoms with Crippen LogP contribution in [0.15, 0.2) is 15.9 Å². The SMILES string of the molecule is CC(C)(O)C(=O)c1ccc(Br)s1. The number of halogens is 1. The lowest BCUT2D eigenvalue weighted by molar-refractivity contribution is 0.0492. The minimum atomic E-state index is -1.27. The minimum absolute atomic E-state index is 0.238. The first-order valence-corrected chi connectivity index (χ1v) is 5.05. The Morgan fingerprint density at radius 1 is 1.58 bits per heavy atom. The van der Waals surface area contributed by atoms with Crippen molar-refractivity contribution >= 4 is 33.0 Å². The molecule has 0 bridgehead atoms. The molecule has 0 unspecified atom stereocenters. The third kappa shape index (κ3) is 2.15. The van der Waals surface area contributed by atoms with Gasteiger partial charge >= 0.3 is 0 Å². The Kier molecular flexibility index (Phi) is 2.70. The Morgan fingerprint density at radius 2 is 2.17 bits per heavy atom. The van der Waals surface area contributed by atoms with Crippen molar-refractivity contribution in [1.82, 2.24) is 0 Å². The number of rotatable bonds is 2. The summed E-state index contributed by atoms with van der Waals surface area (Å²) >= 11 is 4.58. The molecule has 66 valence electrons. The van der Waals surface area contributed by atoms with E-state index in [1.165, 1.54) is 25.2 Å². The largest absolute Gasteiger partial charge is 0.382 e. The lowest BCUT2D eigenvalue weighted by atomic mass is 10.0. The van der Waals surface area contributed by atoms with E-state index in [1.54, 1.807) is 12.1 Å². The van der Waals surface area contributed by atoms with E-state index in [-0.39, 0.29) is 5.78 Å². The third-order valence-corrected chi connectivity index (χ3v) is 2.98. The van der Waals surface area contributed by atoms with Crippen molar-refractivity contribution in [3.05, 3.63) is 20.8 Å². The number of hydrogen-bond acceptors (Lipinski definition) is 3. The maximum absolute atomic E-state index is 11.4. The van der Waals surface area contributed by atoms with Crippen molar-refractivity contribution in [3.8, 4) is 0 Å². The smallest absolute Gasteiger partial charge is 0.203 e. The maximum Gasteiger partial charge on any atom is 0.203 e. The summed E-state index contributed by atoms with van der Waals surface area (Å²) in [7, 11) is 0. The number of Topliss-reactive ketones (excluding diaryl/α,β-unsaturated/α-hetero) is 1. The molecule has 0 fully saturated rings. The van der Waals surface area contributed by atoms with Crippen LogP contribution in [-0.4, -0.2) is 16.5 Å². The highest BCUT2D eigenvalue weighted by Crippen LogP contribution is 2.25. The molecular weight excluding hydrogens is 240 g/mol. The average Bonchev–Trinajstić information content (AvgIpc) is 2.32. The standard InChI is InChI=1S/C8H9BrO2S/c1-8(2,11)7(10)5-3-4-6(9)12-5/h3-4,11H,1-2H3. The average molecular weight is 249 g/mol. The Hall–Kier alpha value is -0.190. The van der Waals surface area contributed by atoms with E-state index in [1.807, 2.05) is 0 Å². The number of carbonyl (C=O) groups excluding carboxylic acids is 1. The molecule has 1 rings (SSSR count). The summed E-state index contributed by atoms with van der Waals surface area (Å²) in [5.41, 5.74) is -1.27. The molecule has 0 aromatic carbocycles. The van der Waals surface area contributed by atoms with Crippen LogP contribution < -0.4 is 0 Å². The molecule has 1 aromatic heterocycles. The molecule has 1 heterocycles. The zero-order chi connectivity index (χ0) is 9.35. The number of thiophene rings is 1. The summed E-state index contributed by atoms with van der Waals surface area (Å²) in [6.45, 7) is 2.98. The van der Waals surface area contributed by atoms with E-state index in [0.29, 0.717) is 4.88 Å². The first-order valence-electron chi connectivity index (χ1n) is 3.44. The second-order valence-electron chi connectivity index (χ2n) is 2.99. The van der Waals surface area contributed by atoms with E-state index >= 15 is 0 Å². The zero-order valence-corrected chi connectivity index (χ0v) is 9.20. The van der Waals surface area contributed by atoms with E-state index in [9.17, 15) is 9.90 Å². The quantitative estimate of drug-likeness (QED) is 0.817. The predicted octanol–water partition coefficient (Wildman–Crippen LogP) is 2.46. The van der Waals surface area contributed by atoms with Gasteiger partial charge in [-0.2, -0.15) is 0 Å². The van der Waals surface area contributed by atoms with Crippen molar-refractivity contribution in [1.29, 1.82) is 0 Å². The third-order valence-electron chi connectivity index (χ3n) is 1.35. The lowest BCUT2D eigenvalue weighted by Gasteiger charge is -2.13. The summed E-state index contributed by atoms with van der Waals surface area (Å²) < 4.78 is 0.898. The molecule has 2 nitrogen and oxygen atoms in total. The highest BCUT2D eigenvalue weighted by molar-refractivity contribution is 9.11. The highest BCUT2D eigenvalue weighted by Gasteiger charge is 2.26. The van der Waals surface area contributed by atoms with Crippen LogP contribution in [0.1, 0.15) is 23.5 Å². The molecule has 12 heavy (non-hydrogen) atoms. The number of aliphatic hydroxyl groups is 1. The van der Waals surface area contributed by atoms with E-state index in [2.05, 4.69) is 15.9 Å². The molecule has 0 spiro atoms. The zero-order valence-electron chi connectivity index (χ0n) is 6.80. The van der Waals surface area contributed by atoms with Gasteiger partial charge in [-0.25, -0.2) is 0 Å². The van der Waals surface area contributed by atoms with Gasteiger partial charge in [-0.05, 0) is 41.9 Å². The molecule has 0 amide bonds. The molecule has 1 N–H and O–H groups in total. The Bertz CT molecular complexity index is 298. The molecule has 0 aliphatic heterocycles. The van der Waals surface area contributed by atoms with Gasteiger partial charge in [0.05, 0.1) is 8.66 Å². The number of carbonyl (C=O) groups is 1. The Labute approximate surface area is 83.4 Å². The molecule has 0 atom stereocenters. The van der Waals surface area contributed by atoms with Gasteiger partial charge in [-0.1, -0.05) is 0 Å². The number of hydrogen-bond donors (Lipinski definition) is 1. The van der Waals surface area contributed by atoms with Gasteiger partial charge in [0.15, 0.2) is 0 Å². The van der Waals surface area contributed by atoms with Crippen LogP contribution >= 0.6 is 27.3 Å². The van der Waals surface area contributed by atoms with Crippen molar-refractivity contribution in [2.75, 3.05) is 0 Å². The van der Waals surface area contributed by atoms with Crippen LogP contribution in [0, 0.1) is 0 Å². The van der Waals surface area contributed by atoms with E-state index in [0.717, 1.165) is 3.79 Å². The molecule has 4 heteroatoms. The van der Waals surface area contributed by atoms with Gasteiger partial charge < -0.3 is 5.11 Å². The molecular formula is C8H9BrO2S. The van der Waals surface area contributed by atoms with E-state index in [4.69, 9.17) is 0 Å². The van der Waals surface area contributed by atoms with Gasteiger partial charge in [-0.3, -0.25) is 4.79 Å². The fourth-order valence-corrected chi connectivity index (χ4v) is 2.22. The maximum atomic E-state index is 11.4. The molecule has 0 radical (unpaired) electrons. The first kappa shape index (κ1) is 9.89. The van der Waals surface area contributed by atoms with Crippen molar-refractivity contribution < 1.29 is 9.90 Å². The summed E-state index contributed by atoms with van der Waals surface area (Å²) in [4.78, 5) is 12.0. The fraction of sp³-hybridized carbons (Fsp3) is 0.375. The van der Waals surface area contributed by atoms with Crippen LogP contribution in [0.2, 0.25) is 0 Å². The summed E-state index contributed by atoms with van der Waals surface area (Å²) in [5, 5.41) is 9.39. The van der Waals surface area contributed by atoms with Crippen LogP contribution in [0.4, 0.5) is 0 Å². The van der Waals surface area contributed by atoms with Gasteiger partial charge in [0.25, 0.3) is 0 Å². The number of ketones is 1. The van der Waals surface area contributed by atoms with Gasteiger partial charge in [0.2, 0.25) is 5.78 Å². The Morgan fingerprint density at radius 3 is 2.50 bits per heavy atom. The minimum Gasteiger partial charge on any atom is -0.382 e. The molecule has 0 saturated heterocycles. The highest BCUT2D eigenvalue weighted by atomic mass is 79.9. The van der Waals surface area contributed by atoms with Crippen LogP contribution in [0.25, 0.3) is 0 Å². The van der Waals surface area contributed by atoms with Crippen LogP contribution in [0.3, 0.4) is 0 Å². The lowest BCUT2D eigenvalue weighted by Crippen LogP contribution is -2.30. The Balaban J connectivity index is 2.93. The predicted molar refractivity (Wildman–Crippen MR) is 52.6 cm³/mol. The topological polar surface area (TPSA) is 37.3 Å². The first-order chi connectivity index (χ1) is 5.41. The van der Waals surface area contributed by atoms with Gasteiger partial charge in [0, 0.05) is 0 Å². The van der Waals surface area contributed by atoms with Crippen LogP contribution in [-0.2, 0) is 0 Å². The van der Waals surface area contributed by atoms with Crippen molar-refractivity contribution in [2.24, 2.45) is 0 Å². The van der Waals surface area contributed by atoms with Crippen molar-refractivity contribution in [3.63, 3.8) is 0 Å². The van der Waals surface area contributed by atoms with Crippen molar-refractivity contribution in [2.45, 2.75) is 19.4 Å². The molecule has 0 aliphatic rings. The van der Waals surface area contributed by atoms with Gasteiger partial charge in [0.1, 0.15) is 5.60 Å².